The number of Topliss-reactive ketones (excluding diaryl/α,β-unsaturated/α-hetero) is 1. The highest BCUT2D eigenvalue weighted by atomic mass is 16.6. The van der Waals surface area contributed by atoms with Crippen LogP contribution in [0.4, 0.5) is 0 Å². The third-order valence-corrected chi connectivity index (χ3v) is 12.5. The van der Waals surface area contributed by atoms with Crippen molar-refractivity contribution in [1.29, 1.82) is 0 Å². The molecule has 2 saturated carbocycles. The Morgan fingerprint density at radius 3 is 2.02 bits per heavy atom. The number of benzene rings is 2. The summed E-state index contributed by atoms with van der Waals surface area (Å²) in [5, 5.41) is 39.5. The summed E-state index contributed by atoms with van der Waals surface area (Å²) in [6, 6.07) is 15.1. The molecule has 3 aliphatic carbocycles. The molecule has 1 heterocycles. The summed E-state index contributed by atoms with van der Waals surface area (Å²) in [5.41, 5.74) is -6.82. The Labute approximate surface area is 329 Å². The fraction of sp³-hybridized carbons (Fsp3) is 0.524. The Bertz CT molecular complexity index is 1980. The van der Waals surface area contributed by atoms with Crippen molar-refractivity contribution >= 4 is 35.6 Å². The molecule has 1 aliphatic heterocycles. The number of rotatable bonds is 9. The number of carbonyl (C=O) groups is 6. The third kappa shape index (κ3) is 6.83. The second-order valence-corrected chi connectivity index (χ2v) is 16.2. The monoisotopic (exact) mass is 791 g/mol. The van der Waals surface area contributed by atoms with Crippen LogP contribution in [0.15, 0.2) is 71.8 Å². The van der Waals surface area contributed by atoms with Gasteiger partial charge in [0.25, 0.3) is 5.91 Å². The van der Waals surface area contributed by atoms with Gasteiger partial charge in [-0.1, -0.05) is 62.4 Å². The number of aliphatic hydroxyl groups is 3. The van der Waals surface area contributed by atoms with Crippen LogP contribution < -0.4 is 5.32 Å². The van der Waals surface area contributed by atoms with Crippen molar-refractivity contribution in [1.82, 2.24) is 5.32 Å². The van der Waals surface area contributed by atoms with Crippen LogP contribution in [0.2, 0.25) is 0 Å². The zero-order chi connectivity index (χ0) is 41.8. The van der Waals surface area contributed by atoms with Gasteiger partial charge in [-0.2, -0.15) is 0 Å². The number of hydrogen-bond donors (Lipinski definition) is 4. The fourth-order valence-electron chi connectivity index (χ4n) is 9.60. The van der Waals surface area contributed by atoms with Gasteiger partial charge in [-0.15, -0.1) is 0 Å². The SMILES string of the molecule is CC(=O)OC1C2[C@](C)(C(=O)[C@H](OC(C)=O)C3=C(C)[C@@H](OC(=O)[C@H](O)[C@@H](NC(=O)c4ccccc4)c4ccccc4)C[C@]1(O)C3(C)C)[C@@H](O)C[C@H]1OC[C@@]21OC(C)=O. The first kappa shape index (κ1) is 41.7. The van der Waals surface area contributed by atoms with Crippen LogP contribution in [0, 0.1) is 16.7 Å². The summed E-state index contributed by atoms with van der Waals surface area (Å²) in [7, 11) is 0. The molecule has 0 radical (unpaired) electrons. The molecule has 2 aromatic rings. The highest BCUT2D eigenvalue weighted by Crippen LogP contribution is 2.64. The summed E-state index contributed by atoms with van der Waals surface area (Å²) in [6.45, 7) is 9.06. The Morgan fingerprint density at radius 1 is 0.877 bits per heavy atom. The van der Waals surface area contributed by atoms with Crippen LogP contribution in [-0.2, 0) is 47.7 Å². The smallest absolute Gasteiger partial charge is 0.338 e. The van der Waals surface area contributed by atoms with E-state index in [4.69, 9.17) is 23.7 Å². The summed E-state index contributed by atoms with van der Waals surface area (Å²) in [6.07, 6.45) is -10.2. The first-order chi connectivity index (χ1) is 26.7. The molecule has 1 saturated heterocycles. The molecular weight excluding hydrogens is 742 g/mol. The van der Waals surface area contributed by atoms with E-state index in [0.717, 1.165) is 20.8 Å². The number of fused-ring (bicyclic) bond motifs is 5. The van der Waals surface area contributed by atoms with Gasteiger partial charge in [-0.05, 0) is 42.7 Å². The molecule has 2 aromatic carbocycles. The predicted octanol–water partition coefficient (Wildman–Crippen LogP) is 2.44. The number of hydrogen-bond acceptors (Lipinski definition) is 14. The van der Waals surface area contributed by atoms with Crippen LogP contribution in [-0.4, -0.2) is 105 Å². The van der Waals surface area contributed by atoms with Gasteiger partial charge in [0.05, 0.1) is 30.1 Å². The van der Waals surface area contributed by atoms with E-state index in [-0.39, 0.29) is 29.7 Å². The maximum atomic E-state index is 15.2. The molecule has 2 bridgehead atoms. The molecule has 15 heteroatoms. The van der Waals surface area contributed by atoms with Crippen molar-refractivity contribution in [3.8, 4) is 0 Å². The van der Waals surface area contributed by atoms with Gasteiger partial charge in [-0.3, -0.25) is 24.0 Å². The molecule has 4 N–H and O–H groups in total. The molecule has 1 amide bonds. The minimum absolute atomic E-state index is 0.0123. The zero-order valence-corrected chi connectivity index (χ0v) is 32.8. The number of aliphatic hydroxyl groups excluding tert-OH is 2. The van der Waals surface area contributed by atoms with E-state index < -0.39 is 113 Å². The molecule has 2 unspecified atom stereocenters. The first-order valence-electron chi connectivity index (χ1n) is 18.8. The molecule has 0 spiro atoms. The highest BCUT2D eigenvalue weighted by molar-refractivity contribution is 5.96. The molecule has 4 aliphatic rings. The largest absolute Gasteiger partial charge is 0.459 e. The summed E-state index contributed by atoms with van der Waals surface area (Å²) in [4.78, 5) is 81.3. The molecule has 11 atom stereocenters. The van der Waals surface area contributed by atoms with Crippen molar-refractivity contribution in [3.63, 3.8) is 0 Å². The summed E-state index contributed by atoms with van der Waals surface area (Å²) >= 11 is 0. The van der Waals surface area contributed by atoms with Crippen LogP contribution in [0.25, 0.3) is 0 Å². The van der Waals surface area contributed by atoms with Gasteiger partial charge in [0.2, 0.25) is 0 Å². The van der Waals surface area contributed by atoms with E-state index in [1.807, 2.05) is 0 Å². The van der Waals surface area contributed by atoms with E-state index in [0.29, 0.717) is 5.56 Å². The van der Waals surface area contributed by atoms with Gasteiger partial charge >= 0.3 is 23.9 Å². The van der Waals surface area contributed by atoms with Crippen molar-refractivity contribution < 1.29 is 67.8 Å². The fourth-order valence-corrected chi connectivity index (χ4v) is 9.60. The second-order valence-electron chi connectivity index (χ2n) is 16.2. The molecule has 0 aromatic heterocycles. The number of ketones is 1. The number of amides is 1. The van der Waals surface area contributed by atoms with Crippen molar-refractivity contribution in [3.05, 3.63) is 82.9 Å². The van der Waals surface area contributed by atoms with Crippen LogP contribution in [0.3, 0.4) is 0 Å². The lowest BCUT2D eigenvalue weighted by molar-refractivity contribution is -0.347. The molecular formula is C42H49NO14. The van der Waals surface area contributed by atoms with Crippen LogP contribution >= 0.6 is 0 Å². The molecule has 3 fully saturated rings. The lowest BCUT2D eigenvalue weighted by Gasteiger charge is -2.67. The van der Waals surface area contributed by atoms with Crippen molar-refractivity contribution in [2.24, 2.45) is 16.7 Å². The normalized spacial score (nSPS) is 33.7. The molecule has 15 nitrogen and oxygen atoms in total. The minimum Gasteiger partial charge on any atom is -0.459 e. The number of nitrogens with one attached hydrogen (secondary N) is 1. The van der Waals surface area contributed by atoms with Crippen molar-refractivity contribution in [2.45, 2.75) is 115 Å². The zero-order valence-electron chi connectivity index (χ0n) is 32.8. The van der Waals surface area contributed by atoms with E-state index in [1.165, 1.54) is 13.8 Å². The lowest BCUT2D eigenvalue weighted by Crippen LogP contribution is -2.82. The van der Waals surface area contributed by atoms with Crippen LogP contribution in [0.5, 0.6) is 0 Å². The topological polar surface area (TPSA) is 221 Å². The average molecular weight is 792 g/mol. The van der Waals surface area contributed by atoms with E-state index >= 15 is 4.79 Å². The number of esters is 4. The standard InChI is InChI=1S/C42H49NO14/c1-21-27(56-38(51)32(48)31(25-14-10-8-11-15-25)43-37(50)26-16-12-9-13-17-26)19-42(52)36(55-23(3)45)34-40(7,28(47)18-29-41(34,20-53-29)57-24(4)46)35(49)33(54-22(2)44)30(21)39(42,5)6/h8-17,27-29,31-34,36,47-48,52H,18-20H2,1-7H3,(H,43,50)/t27-,28-,29+,31-,32+,33+,34?,36?,40+,41-,42+/m0/s1. The quantitative estimate of drug-likeness (QED) is 0.163. The Hall–Kier alpha value is -4.96. The number of carbonyl (C=O) groups excluding carboxylic acids is 6. The molecule has 6 rings (SSSR count). The van der Waals surface area contributed by atoms with Gasteiger partial charge in [0.1, 0.15) is 23.9 Å². The van der Waals surface area contributed by atoms with Crippen LogP contribution in [0.1, 0.15) is 83.3 Å². The van der Waals surface area contributed by atoms with Gasteiger partial charge in [-0.25, -0.2) is 4.79 Å². The predicted molar refractivity (Wildman–Crippen MR) is 198 cm³/mol. The molecule has 306 valence electrons. The lowest BCUT2D eigenvalue weighted by atomic mass is 9.44. The van der Waals surface area contributed by atoms with Gasteiger partial charge in [0.15, 0.2) is 23.6 Å². The third-order valence-electron chi connectivity index (χ3n) is 12.5. The Balaban J connectivity index is 1.50. The first-order valence-corrected chi connectivity index (χ1v) is 18.8. The Kier molecular flexibility index (Phi) is 11.0. The second kappa shape index (κ2) is 15.1. The number of ether oxygens (including phenoxy) is 5. The average Bonchev–Trinajstić information content (AvgIpc) is 3.15. The van der Waals surface area contributed by atoms with Gasteiger partial charge < -0.3 is 44.3 Å². The maximum absolute atomic E-state index is 15.2. The highest BCUT2D eigenvalue weighted by Gasteiger charge is 2.78. The van der Waals surface area contributed by atoms with Crippen molar-refractivity contribution in [2.75, 3.05) is 6.61 Å². The van der Waals surface area contributed by atoms with E-state index in [9.17, 15) is 39.3 Å². The summed E-state index contributed by atoms with van der Waals surface area (Å²) in [5.74, 6) is -6.68. The van der Waals surface area contributed by atoms with Gasteiger partial charge in [0, 0.05) is 44.6 Å². The molecule has 57 heavy (non-hydrogen) atoms. The minimum atomic E-state index is -2.32. The summed E-state index contributed by atoms with van der Waals surface area (Å²) < 4.78 is 29.5. The van der Waals surface area contributed by atoms with E-state index in [2.05, 4.69) is 5.32 Å². The Morgan fingerprint density at radius 2 is 1.47 bits per heavy atom. The maximum Gasteiger partial charge on any atom is 0.338 e. The van der Waals surface area contributed by atoms with E-state index in [1.54, 1.807) is 74.5 Å².